The first-order valence-corrected chi connectivity index (χ1v) is 16.7. The van der Waals surface area contributed by atoms with Crippen molar-refractivity contribution in [3.8, 4) is 0 Å². The van der Waals surface area contributed by atoms with Gasteiger partial charge in [0.15, 0.2) is 11.7 Å². The Hall–Kier alpha value is -5.50. The molecule has 0 aliphatic heterocycles. The Bertz CT molecular complexity index is 1870. The summed E-state index contributed by atoms with van der Waals surface area (Å²) in [7, 11) is 1.76. The van der Waals surface area contributed by atoms with Crippen molar-refractivity contribution >= 4 is 51.0 Å². The second-order valence-electron chi connectivity index (χ2n) is 11.9. The van der Waals surface area contributed by atoms with Crippen molar-refractivity contribution < 1.29 is 19.2 Å². The van der Waals surface area contributed by atoms with Crippen LogP contribution in [-0.2, 0) is 23.1 Å². The third-order valence-corrected chi connectivity index (χ3v) is 9.08. The molecule has 0 spiro atoms. The Morgan fingerprint density at radius 1 is 0.837 bits per heavy atom. The predicted octanol–water partition coefficient (Wildman–Crippen LogP) is 1.92. The summed E-state index contributed by atoms with van der Waals surface area (Å²) in [5, 5.41) is 12.4. The summed E-state index contributed by atoms with van der Waals surface area (Å²) in [4.78, 5) is 59.6. The van der Waals surface area contributed by atoms with E-state index >= 15 is 0 Å². The average molecular weight is 686 g/mol. The Kier molecular flexibility index (Phi) is 12.7. The highest BCUT2D eigenvalue weighted by atomic mass is 32.1. The molecule has 0 unspecified atom stereocenters. The van der Waals surface area contributed by atoms with Crippen molar-refractivity contribution in [3.05, 3.63) is 100 Å². The molecule has 0 bridgehead atoms. The molecule has 0 aliphatic rings. The molecule has 4 rings (SSSR count). The largest absolute Gasteiger partial charge is 0.370 e. The summed E-state index contributed by atoms with van der Waals surface area (Å²) in [6.07, 6.45) is 0.817. The molecule has 14 heteroatoms. The average Bonchev–Trinajstić information content (AvgIpc) is 3.43. The Morgan fingerprint density at radius 2 is 1.51 bits per heavy atom. The van der Waals surface area contributed by atoms with Gasteiger partial charge in [0, 0.05) is 31.1 Å². The zero-order valence-electron chi connectivity index (χ0n) is 27.8. The zero-order valence-corrected chi connectivity index (χ0v) is 28.6. The van der Waals surface area contributed by atoms with E-state index in [0.29, 0.717) is 27.9 Å². The van der Waals surface area contributed by atoms with Gasteiger partial charge in [-0.05, 0) is 48.6 Å². The lowest BCUT2D eigenvalue weighted by Crippen LogP contribution is -2.57. The third kappa shape index (κ3) is 9.54. The van der Waals surface area contributed by atoms with Crippen molar-refractivity contribution in [2.75, 3.05) is 6.54 Å². The maximum absolute atomic E-state index is 14.1. The van der Waals surface area contributed by atoms with Gasteiger partial charge >= 0.3 is 0 Å². The number of nitrogens with zero attached hydrogens (tertiary/aromatic N) is 3. The van der Waals surface area contributed by atoms with E-state index in [9.17, 15) is 19.2 Å². The number of thiazole rings is 1. The number of guanidine groups is 1. The number of aromatic nitrogens is 1. The standard InChI is InChI=1S/C35H43N9O4S/c1-21(2)28(42-32(47)26(20-22-12-6-4-7-13-22)41-31(46)23-14-8-5-9-15-23)33(48)40-25(17-11-19-39-34(36)37)30(45)24-16-10-18-27-29(24)44(3)35(43-38)49-27/h4-10,12-16,18,21,25-26,28H,11,17,19-20,38H2,1-3H3,(H,40,48)(H,41,46)(H,42,47)(H4,36,37,39)/t25-,26-,28-/m0/s1. The van der Waals surface area contributed by atoms with E-state index in [0.717, 1.165) is 10.3 Å². The summed E-state index contributed by atoms with van der Waals surface area (Å²) in [5.74, 6) is 3.30. The molecule has 0 aliphatic carbocycles. The summed E-state index contributed by atoms with van der Waals surface area (Å²) in [6.45, 7) is 3.83. The maximum Gasteiger partial charge on any atom is 0.251 e. The van der Waals surface area contributed by atoms with Crippen LogP contribution >= 0.6 is 11.3 Å². The molecule has 0 radical (unpaired) electrons. The maximum atomic E-state index is 14.1. The van der Waals surface area contributed by atoms with Gasteiger partial charge in [0.25, 0.3) is 5.91 Å². The number of para-hydroxylation sites is 1. The summed E-state index contributed by atoms with van der Waals surface area (Å²) < 4.78 is 2.54. The summed E-state index contributed by atoms with van der Waals surface area (Å²) >= 11 is 1.34. The second kappa shape index (κ2) is 17.1. The fraction of sp³-hybridized carbons (Fsp3) is 0.314. The van der Waals surface area contributed by atoms with Crippen molar-refractivity contribution in [1.82, 2.24) is 20.5 Å². The lowest BCUT2D eigenvalue weighted by atomic mass is 9.96. The molecule has 49 heavy (non-hydrogen) atoms. The number of aliphatic imine (C=N–C) groups is 1. The summed E-state index contributed by atoms with van der Waals surface area (Å²) in [6, 6.07) is 20.2. The molecule has 258 valence electrons. The van der Waals surface area contributed by atoms with Crippen molar-refractivity contribution in [2.24, 2.45) is 40.4 Å². The highest BCUT2D eigenvalue weighted by molar-refractivity contribution is 7.16. The molecular formula is C35H43N9O4S. The van der Waals surface area contributed by atoms with Gasteiger partial charge in [0.1, 0.15) is 12.1 Å². The first kappa shape index (κ1) is 36.3. The van der Waals surface area contributed by atoms with Crippen LogP contribution < -0.4 is 38.1 Å². The molecule has 1 heterocycles. The molecule has 0 fully saturated rings. The smallest absolute Gasteiger partial charge is 0.251 e. The number of hydrogen-bond acceptors (Lipinski definition) is 8. The van der Waals surface area contributed by atoms with E-state index in [4.69, 9.17) is 17.3 Å². The van der Waals surface area contributed by atoms with E-state index in [2.05, 4.69) is 26.0 Å². The van der Waals surface area contributed by atoms with E-state index in [1.165, 1.54) is 11.3 Å². The van der Waals surface area contributed by atoms with Gasteiger partial charge < -0.3 is 37.8 Å². The minimum atomic E-state index is -1.02. The molecule has 0 saturated heterocycles. The zero-order chi connectivity index (χ0) is 35.5. The number of rotatable bonds is 15. The molecule has 0 saturated carbocycles. The minimum Gasteiger partial charge on any atom is -0.370 e. The van der Waals surface area contributed by atoms with Crippen LogP contribution in [0, 0.1) is 5.92 Å². The van der Waals surface area contributed by atoms with E-state index < -0.39 is 35.8 Å². The van der Waals surface area contributed by atoms with E-state index in [1.54, 1.807) is 67.9 Å². The van der Waals surface area contributed by atoms with Gasteiger partial charge in [-0.15, -0.1) is 0 Å². The van der Waals surface area contributed by atoms with Crippen LogP contribution in [0.5, 0.6) is 0 Å². The lowest BCUT2D eigenvalue weighted by molar-refractivity contribution is -0.131. The van der Waals surface area contributed by atoms with Gasteiger partial charge in [-0.1, -0.05) is 79.8 Å². The number of hydrogen-bond donors (Lipinski definition) is 6. The van der Waals surface area contributed by atoms with Gasteiger partial charge in [0.2, 0.25) is 16.6 Å². The van der Waals surface area contributed by atoms with E-state index in [1.807, 2.05) is 36.4 Å². The van der Waals surface area contributed by atoms with Crippen LogP contribution in [0.4, 0.5) is 0 Å². The number of benzene rings is 3. The topological polar surface area (TPSA) is 212 Å². The van der Waals surface area contributed by atoms with Crippen LogP contribution in [0.2, 0.25) is 0 Å². The monoisotopic (exact) mass is 685 g/mol. The number of carbonyl (C=O) groups excluding carboxylic acids is 4. The lowest BCUT2D eigenvalue weighted by Gasteiger charge is -2.27. The number of Topliss-reactive ketones (excluding diaryl/α,β-unsaturated/α-hetero) is 1. The Labute approximate surface area is 288 Å². The van der Waals surface area contributed by atoms with Crippen molar-refractivity contribution in [2.45, 2.75) is 51.2 Å². The number of fused-ring (bicyclic) bond motifs is 1. The molecule has 3 amide bonds. The Balaban J connectivity index is 1.59. The van der Waals surface area contributed by atoms with Crippen LogP contribution in [-0.4, -0.2) is 58.7 Å². The number of nitrogens with two attached hydrogens (primary N) is 3. The molecule has 1 aromatic heterocycles. The van der Waals surface area contributed by atoms with Gasteiger partial charge in [-0.3, -0.25) is 24.2 Å². The highest BCUT2D eigenvalue weighted by Gasteiger charge is 2.32. The van der Waals surface area contributed by atoms with Crippen molar-refractivity contribution in [1.29, 1.82) is 0 Å². The van der Waals surface area contributed by atoms with Gasteiger partial charge in [0.05, 0.1) is 16.3 Å². The molecule has 3 atom stereocenters. The Morgan fingerprint density at radius 3 is 2.14 bits per heavy atom. The van der Waals surface area contributed by atoms with E-state index in [-0.39, 0.29) is 37.0 Å². The number of amides is 3. The molecule has 3 aromatic carbocycles. The second-order valence-corrected chi connectivity index (χ2v) is 12.9. The number of nitrogens with one attached hydrogen (secondary N) is 3. The number of carbonyl (C=O) groups is 4. The van der Waals surface area contributed by atoms with Crippen LogP contribution in [0.1, 0.15) is 53.0 Å². The molecule has 9 N–H and O–H groups in total. The minimum absolute atomic E-state index is 0.0768. The fourth-order valence-electron chi connectivity index (χ4n) is 5.43. The van der Waals surface area contributed by atoms with Gasteiger partial charge in [-0.2, -0.15) is 5.10 Å². The quantitative estimate of drug-likeness (QED) is 0.0273. The first-order chi connectivity index (χ1) is 23.5. The molecule has 4 aromatic rings. The van der Waals surface area contributed by atoms with Gasteiger partial charge in [-0.25, -0.2) is 0 Å². The van der Waals surface area contributed by atoms with Crippen LogP contribution in [0.25, 0.3) is 10.2 Å². The van der Waals surface area contributed by atoms with Crippen molar-refractivity contribution in [3.63, 3.8) is 0 Å². The highest BCUT2D eigenvalue weighted by Crippen LogP contribution is 2.23. The molecular weight excluding hydrogens is 643 g/mol. The molecule has 13 nitrogen and oxygen atoms in total. The summed E-state index contributed by atoms with van der Waals surface area (Å²) in [5.41, 5.74) is 13.2. The van der Waals surface area contributed by atoms with Crippen LogP contribution in [0.15, 0.2) is 89.0 Å². The normalized spacial score (nSPS) is 13.3. The first-order valence-electron chi connectivity index (χ1n) is 15.9. The van der Waals surface area contributed by atoms with Crippen LogP contribution in [0.3, 0.4) is 0 Å². The third-order valence-electron chi connectivity index (χ3n) is 7.96. The fourth-order valence-corrected chi connectivity index (χ4v) is 6.39. The number of aryl methyl sites for hydroxylation is 1. The predicted molar refractivity (Wildman–Crippen MR) is 191 cm³/mol. The SMILES string of the molecule is CC(C)[C@H](NC(=O)[C@H](Cc1ccccc1)NC(=O)c1ccccc1)C(=O)N[C@@H](CCCN=C(N)N)C(=O)c1cccc2sc(=NN)n(C)c12. The number of ketones is 1.